The van der Waals surface area contributed by atoms with E-state index in [0.29, 0.717) is 17.4 Å². The van der Waals surface area contributed by atoms with Crippen LogP contribution in [0.3, 0.4) is 0 Å². The maximum atomic E-state index is 12.9. The van der Waals surface area contributed by atoms with Gasteiger partial charge >= 0.3 is 11.9 Å². The number of likely N-dealkylation sites (N-methyl/N-ethyl adjacent to an activating group) is 1. The Bertz CT molecular complexity index is 2210. The molecule has 0 aromatic carbocycles. The summed E-state index contributed by atoms with van der Waals surface area (Å²) in [5, 5.41) is 0. The van der Waals surface area contributed by atoms with Crippen LogP contribution in [-0.4, -0.2) is 70.0 Å². The Hall–Kier alpha value is -3.85. The monoisotopic (exact) mass is 1450 g/mol. The van der Waals surface area contributed by atoms with Crippen molar-refractivity contribution in [3.8, 4) is 0 Å². The lowest BCUT2D eigenvalue weighted by atomic mass is 10.0. The number of unbranched alkanes of at least 4 members (excludes halogenated alkanes) is 44. The number of carbonyl (C=O) groups is 2. The molecule has 0 N–H and O–H groups in total. The first kappa shape index (κ1) is 99.2. The molecule has 9 nitrogen and oxygen atoms in total. The zero-order valence-electron chi connectivity index (χ0n) is 68.0. The van der Waals surface area contributed by atoms with E-state index < -0.39 is 26.5 Å². The zero-order chi connectivity index (χ0) is 74.7. The molecule has 0 fully saturated rings. The van der Waals surface area contributed by atoms with Crippen molar-refractivity contribution in [3.05, 3.63) is 134 Å². The summed E-state index contributed by atoms with van der Waals surface area (Å²) < 4.78 is 34.4. The number of nitrogens with zero attached hydrogens (tertiary/aromatic N) is 1. The lowest BCUT2D eigenvalue weighted by Crippen LogP contribution is -2.37. The summed E-state index contributed by atoms with van der Waals surface area (Å²) in [6.45, 7) is 4.14. The van der Waals surface area contributed by atoms with Crippen molar-refractivity contribution in [2.45, 2.75) is 399 Å². The molecule has 0 saturated carbocycles. The second-order valence-corrected chi connectivity index (χ2v) is 31.6. The third-order valence-corrected chi connectivity index (χ3v) is 19.9. The van der Waals surface area contributed by atoms with Crippen molar-refractivity contribution >= 4 is 19.8 Å². The van der Waals surface area contributed by atoms with Gasteiger partial charge in [0.1, 0.15) is 19.8 Å². The Morgan fingerprint density at radius 2 is 0.553 bits per heavy atom. The molecule has 0 heterocycles. The summed E-state index contributed by atoms with van der Waals surface area (Å²) in [5.41, 5.74) is 0. The predicted molar refractivity (Wildman–Crippen MR) is 448 cm³/mol. The molecule has 0 aromatic rings. The van der Waals surface area contributed by atoms with Gasteiger partial charge in [-0.3, -0.25) is 14.2 Å². The number of phosphoric acid groups is 1. The van der Waals surface area contributed by atoms with E-state index in [9.17, 15) is 19.0 Å². The van der Waals surface area contributed by atoms with Crippen LogP contribution in [0.5, 0.6) is 0 Å². The number of quaternary nitrogens is 1. The van der Waals surface area contributed by atoms with E-state index in [1.54, 1.807) is 0 Å². The van der Waals surface area contributed by atoms with Crippen molar-refractivity contribution < 1.29 is 42.1 Å². The highest BCUT2D eigenvalue weighted by Crippen LogP contribution is 2.38. The average molecular weight is 1460 g/mol. The van der Waals surface area contributed by atoms with Crippen LogP contribution in [0.2, 0.25) is 0 Å². The van der Waals surface area contributed by atoms with Crippen molar-refractivity contribution in [1.82, 2.24) is 0 Å². The molecule has 0 aliphatic heterocycles. The Kier molecular flexibility index (Phi) is 79.1. The Morgan fingerprint density at radius 1 is 0.311 bits per heavy atom. The molecule has 2 atom stereocenters. The van der Waals surface area contributed by atoms with Crippen LogP contribution in [0.25, 0.3) is 0 Å². The second-order valence-electron chi connectivity index (χ2n) is 30.2. The number of esters is 2. The maximum Gasteiger partial charge on any atom is 0.306 e. The van der Waals surface area contributed by atoms with Gasteiger partial charge in [0, 0.05) is 12.8 Å². The van der Waals surface area contributed by atoms with Gasteiger partial charge in [-0.2, -0.15) is 0 Å². The number of hydrogen-bond donors (Lipinski definition) is 0. The van der Waals surface area contributed by atoms with Gasteiger partial charge in [-0.1, -0.05) is 417 Å². The summed E-state index contributed by atoms with van der Waals surface area (Å²) >= 11 is 0. The van der Waals surface area contributed by atoms with E-state index in [2.05, 4.69) is 148 Å². The standard InChI is InChI=1S/C93H164NO8P/c1-6-8-10-12-14-16-18-20-22-24-26-28-30-32-34-36-38-40-42-44-46-48-49-51-53-55-57-59-61-63-65-67-69-71-73-75-77-79-81-83-85-92(95)99-89-91(90-101-103(97,98)100-88-87-94(3,4)5)102-93(96)86-84-82-80-78-76-74-72-70-68-66-64-62-60-58-56-54-52-50-47-45-43-41-39-37-35-33-31-29-27-25-23-21-19-17-15-13-11-9-7-2/h9,11,15,17,21,23,27,29,33,35,39,41,45,47,52,54,58,60,64,66,70,72,91H,6-8,10,12-14,16,18-20,22,24-26,28,30-32,34,36-38,40,42-44,46,48-51,53,55-57,59,61-63,65,67-69,71,73-90H2,1-5H3/b11-9-,17-15-,23-21-,29-27-,35-33-,41-39-,47-45-,54-52-,60-58-,66-64-,72-70-. The molecule has 10 heteroatoms. The molecule has 2 unspecified atom stereocenters. The molecule has 0 spiro atoms. The topological polar surface area (TPSA) is 111 Å². The highest BCUT2D eigenvalue weighted by Gasteiger charge is 2.22. The van der Waals surface area contributed by atoms with Crippen LogP contribution in [0.1, 0.15) is 393 Å². The van der Waals surface area contributed by atoms with Gasteiger partial charge in [0.15, 0.2) is 6.10 Å². The van der Waals surface area contributed by atoms with Crippen molar-refractivity contribution in [3.63, 3.8) is 0 Å². The molecule has 0 bridgehead atoms. The van der Waals surface area contributed by atoms with Gasteiger partial charge in [-0.25, -0.2) is 0 Å². The second kappa shape index (κ2) is 82.2. The van der Waals surface area contributed by atoms with Crippen molar-refractivity contribution in [2.75, 3.05) is 47.5 Å². The molecular formula is C93H164NO8P. The van der Waals surface area contributed by atoms with Gasteiger partial charge in [-0.15, -0.1) is 0 Å². The van der Waals surface area contributed by atoms with Gasteiger partial charge in [0.2, 0.25) is 0 Å². The molecular weight excluding hydrogens is 1290 g/mol. The summed E-state index contributed by atoms with van der Waals surface area (Å²) in [6, 6.07) is 0. The van der Waals surface area contributed by atoms with E-state index in [-0.39, 0.29) is 32.0 Å². The third kappa shape index (κ3) is 87.0. The summed E-state index contributed by atoms with van der Waals surface area (Å²) in [6.07, 6.45) is 120. The highest BCUT2D eigenvalue weighted by molar-refractivity contribution is 7.45. The first-order valence-corrected chi connectivity index (χ1v) is 44.9. The van der Waals surface area contributed by atoms with Gasteiger partial charge < -0.3 is 27.9 Å². The van der Waals surface area contributed by atoms with Gasteiger partial charge in [0.25, 0.3) is 7.82 Å². The van der Waals surface area contributed by atoms with Crippen LogP contribution in [-0.2, 0) is 32.7 Å². The minimum atomic E-state index is -4.66. The van der Waals surface area contributed by atoms with E-state index in [1.807, 2.05) is 21.1 Å². The first-order chi connectivity index (χ1) is 50.5. The van der Waals surface area contributed by atoms with Crippen molar-refractivity contribution in [2.24, 2.45) is 0 Å². The van der Waals surface area contributed by atoms with Gasteiger partial charge in [0.05, 0.1) is 27.7 Å². The zero-order valence-corrected chi connectivity index (χ0v) is 68.9. The molecule has 0 saturated heterocycles. The van der Waals surface area contributed by atoms with Crippen LogP contribution in [0.4, 0.5) is 0 Å². The summed E-state index contributed by atoms with van der Waals surface area (Å²) in [5.74, 6) is -0.849. The minimum Gasteiger partial charge on any atom is -0.756 e. The summed E-state index contributed by atoms with van der Waals surface area (Å²) in [7, 11) is 1.15. The van der Waals surface area contributed by atoms with Crippen molar-refractivity contribution in [1.29, 1.82) is 0 Å². The fourth-order valence-electron chi connectivity index (χ4n) is 12.4. The number of phosphoric ester groups is 1. The Labute approximate surface area is 638 Å². The normalized spacial score (nSPS) is 13.7. The minimum absolute atomic E-state index is 0.0397. The number of hydrogen-bond acceptors (Lipinski definition) is 8. The first-order valence-electron chi connectivity index (χ1n) is 43.4. The SMILES string of the molecule is CC/C=C\C/C=C\C/C=C\C/C=C\C/C=C\C/C=C\C/C=C\C/C=C\C/C=C\C/C=C\C/C=C\CCCCCCCC(=O)OC(COC(=O)CCCCCCCCCCCCCCCCCCCCCCCCCCCCCCCCCCCCCCCCCC)COP(=O)([O-])OCC[N+](C)(C)C. The third-order valence-electron chi connectivity index (χ3n) is 18.9. The lowest BCUT2D eigenvalue weighted by Gasteiger charge is -2.28. The quantitative estimate of drug-likeness (QED) is 0.0195. The Balaban J connectivity index is 3.99. The number of carbonyl (C=O) groups excluding carboxylic acids is 2. The Morgan fingerprint density at radius 3 is 0.825 bits per heavy atom. The molecule has 0 aliphatic rings. The van der Waals surface area contributed by atoms with Gasteiger partial charge in [-0.05, 0) is 96.3 Å². The lowest BCUT2D eigenvalue weighted by molar-refractivity contribution is -0.870. The molecule has 103 heavy (non-hydrogen) atoms. The van der Waals surface area contributed by atoms with Crippen LogP contribution in [0.15, 0.2) is 134 Å². The molecule has 0 radical (unpaired) electrons. The van der Waals surface area contributed by atoms with E-state index in [0.717, 1.165) is 122 Å². The van der Waals surface area contributed by atoms with Crippen LogP contribution >= 0.6 is 7.82 Å². The predicted octanol–water partition coefficient (Wildman–Crippen LogP) is 28.8. The smallest absolute Gasteiger partial charge is 0.306 e. The number of ether oxygens (including phenoxy) is 2. The summed E-state index contributed by atoms with van der Waals surface area (Å²) in [4.78, 5) is 38.2. The molecule has 0 amide bonds. The van der Waals surface area contributed by atoms with Crippen LogP contribution in [0, 0.1) is 0 Å². The van der Waals surface area contributed by atoms with Crippen LogP contribution < -0.4 is 4.89 Å². The average Bonchev–Trinajstić information content (AvgIpc) is 1.01. The molecule has 0 aromatic heterocycles. The largest absolute Gasteiger partial charge is 0.756 e. The number of rotatable bonds is 80. The maximum absolute atomic E-state index is 12.9. The number of allylic oxidation sites excluding steroid dienone is 22. The molecule has 0 aliphatic carbocycles. The molecule has 0 rings (SSSR count). The highest BCUT2D eigenvalue weighted by atomic mass is 31.2. The van der Waals surface area contributed by atoms with E-state index >= 15 is 0 Å². The fraction of sp³-hybridized carbons (Fsp3) is 0.742. The van der Waals surface area contributed by atoms with E-state index in [1.165, 1.54) is 238 Å². The van der Waals surface area contributed by atoms with E-state index in [4.69, 9.17) is 18.5 Å². The fourth-order valence-corrected chi connectivity index (χ4v) is 13.1. The molecule has 594 valence electrons.